The summed E-state index contributed by atoms with van der Waals surface area (Å²) < 4.78 is 16.5. The van der Waals surface area contributed by atoms with Crippen LogP contribution in [0.4, 0.5) is 5.69 Å². The van der Waals surface area contributed by atoms with E-state index in [1.165, 1.54) is 0 Å². The van der Waals surface area contributed by atoms with Gasteiger partial charge in [-0.1, -0.05) is 20.8 Å². The van der Waals surface area contributed by atoms with Crippen LogP contribution in [0.15, 0.2) is 23.2 Å². The van der Waals surface area contributed by atoms with E-state index in [9.17, 15) is 0 Å². The summed E-state index contributed by atoms with van der Waals surface area (Å²) in [6.45, 7) is 9.63. The summed E-state index contributed by atoms with van der Waals surface area (Å²) >= 11 is 0. The molecule has 1 atom stereocenters. The second-order valence-corrected chi connectivity index (χ2v) is 6.47. The molecule has 144 valence electrons. The van der Waals surface area contributed by atoms with Gasteiger partial charge in [-0.05, 0) is 24.5 Å². The van der Waals surface area contributed by atoms with Gasteiger partial charge in [-0.15, -0.1) is 24.0 Å². The predicted octanol–water partition coefficient (Wildman–Crippen LogP) is 3.76. The lowest BCUT2D eigenvalue weighted by Crippen LogP contribution is -2.42. The Hall–Kier alpha value is -1.22. The highest BCUT2D eigenvalue weighted by atomic mass is 127. The molecule has 0 aliphatic carbocycles. The van der Waals surface area contributed by atoms with Gasteiger partial charge in [0.2, 0.25) is 0 Å². The number of rotatable bonds is 7. The lowest BCUT2D eigenvalue weighted by Gasteiger charge is -2.30. The van der Waals surface area contributed by atoms with Crippen molar-refractivity contribution in [1.29, 1.82) is 0 Å². The lowest BCUT2D eigenvalue weighted by atomic mass is 9.89. The van der Waals surface area contributed by atoms with Crippen LogP contribution in [0, 0.1) is 5.41 Å². The van der Waals surface area contributed by atoms with E-state index in [1.54, 1.807) is 21.3 Å². The zero-order valence-corrected chi connectivity index (χ0v) is 18.6. The van der Waals surface area contributed by atoms with Crippen LogP contribution in [0.1, 0.15) is 27.7 Å². The van der Waals surface area contributed by atoms with Gasteiger partial charge in [0.25, 0.3) is 0 Å². The van der Waals surface area contributed by atoms with Crippen molar-refractivity contribution < 1.29 is 14.2 Å². The minimum Gasteiger partial charge on any atom is -0.493 e. The van der Waals surface area contributed by atoms with Gasteiger partial charge in [-0.3, -0.25) is 4.99 Å². The molecule has 0 saturated carbocycles. The SMILES string of the molecule is CCOc1cc(NC(=NC)NCC(OC)C(C)(C)C)ccc1OC.I. The van der Waals surface area contributed by atoms with Crippen molar-refractivity contribution in [3.63, 3.8) is 0 Å². The molecule has 2 N–H and O–H groups in total. The zero-order chi connectivity index (χ0) is 18.2. The zero-order valence-electron chi connectivity index (χ0n) is 16.3. The summed E-state index contributed by atoms with van der Waals surface area (Å²) in [5.74, 6) is 2.08. The molecule has 1 aromatic rings. The molecule has 0 fully saturated rings. The fourth-order valence-corrected chi connectivity index (χ4v) is 2.27. The molecule has 0 aliphatic heterocycles. The summed E-state index contributed by atoms with van der Waals surface area (Å²) in [5, 5.41) is 6.55. The van der Waals surface area contributed by atoms with Crippen molar-refractivity contribution >= 4 is 35.6 Å². The Kier molecular flexibility index (Phi) is 10.8. The van der Waals surface area contributed by atoms with Crippen LogP contribution in [-0.4, -0.2) is 46.5 Å². The Balaban J connectivity index is 0.00000576. The van der Waals surface area contributed by atoms with Gasteiger partial charge in [0.15, 0.2) is 17.5 Å². The highest BCUT2D eigenvalue weighted by Gasteiger charge is 2.24. The number of methoxy groups -OCH3 is 2. The van der Waals surface area contributed by atoms with Crippen molar-refractivity contribution in [2.24, 2.45) is 10.4 Å². The van der Waals surface area contributed by atoms with Crippen molar-refractivity contribution in [3.05, 3.63) is 18.2 Å². The first-order chi connectivity index (χ1) is 11.3. The standard InChI is InChI=1S/C18H31N3O3.HI/c1-8-24-15-11-13(9-10-14(15)22-6)21-17(19-5)20-12-16(23-7)18(2,3)4;/h9-11,16H,8,12H2,1-7H3,(H2,19,20,21);1H. The van der Waals surface area contributed by atoms with Crippen LogP contribution in [0.5, 0.6) is 11.5 Å². The number of guanidine groups is 1. The van der Waals surface area contributed by atoms with Gasteiger partial charge >= 0.3 is 0 Å². The number of hydrogen-bond acceptors (Lipinski definition) is 4. The fraction of sp³-hybridized carbons (Fsp3) is 0.611. The van der Waals surface area contributed by atoms with Crippen molar-refractivity contribution in [2.75, 3.05) is 39.7 Å². The number of nitrogens with zero attached hydrogens (tertiary/aromatic N) is 1. The first kappa shape index (κ1) is 23.8. The summed E-state index contributed by atoms with van der Waals surface area (Å²) in [7, 11) is 5.09. The topological polar surface area (TPSA) is 64.1 Å². The maximum absolute atomic E-state index is 5.60. The Labute approximate surface area is 168 Å². The van der Waals surface area contributed by atoms with E-state index in [2.05, 4.69) is 36.4 Å². The third-order valence-corrected chi connectivity index (χ3v) is 3.66. The average molecular weight is 465 g/mol. The summed E-state index contributed by atoms with van der Waals surface area (Å²) in [6, 6.07) is 5.69. The number of anilines is 1. The van der Waals surface area contributed by atoms with Gasteiger partial charge in [-0.25, -0.2) is 0 Å². The number of nitrogens with one attached hydrogen (secondary N) is 2. The molecule has 0 saturated heterocycles. The minimum atomic E-state index is 0. The molecule has 0 aromatic heterocycles. The molecule has 0 bridgehead atoms. The number of aliphatic imine (C=N–C) groups is 1. The molecule has 7 heteroatoms. The second kappa shape index (κ2) is 11.4. The number of hydrogen-bond donors (Lipinski definition) is 2. The molecule has 1 rings (SSSR count). The number of halogens is 1. The van der Waals surface area contributed by atoms with E-state index in [0.29, 0.717) is 30.6 Å². The van der Waals surface area contributed by atoms with Gasteiger partial charge in [0, 0.05) is 32.5 Å². The minimum absolute atomic E-state index is 0. The van der Waals surface area contributed by atoms with Crippen LogP contribution in [-0.2, 0) is 4.74 Å². The van der Waals surface area contributed by atoms with E-state index in [0.717, 1.165) is 5.69 Å². The average Bonchev–Trinajstić information content (AvgIpc) is 2.53. The van der Waals surface area contributed by atoms with Crippen molar-refractivity contribution in [2.45, 2.75) is 33.8 Å². The van der Waals surface area contributed by atoms with Crippen LogP contribution in [0.2, 0.25) is 0 Å². The van der Waals surface area contributed by atoms with Crippen molar-refractivity contribution in [1.82, 2.24) is 5.32 Å². The van der Waals surface area contributed by atoms with E-state index < -0.39 is 0 Å². The number of benzene rings is 1. The quantitative estimate of drug-likeness (QED) is 0.365. The van der Waals surface area contributed by atoms with E-state index in [1.807, 2.05) is 25.1 Å². The van der Waals surface area contributed by atoms with Crippen LogP contribution < -0.4 is 20.1 Å². The largest absolute Gasteiger partial charge is 0.493 e. The number of ether oxygens (including phenoxy) is 3. The third-order valence-electron chi connectivity index (χ3n) is 3.66. The summed E-state index contributed by atoms with van der Waals surface area (Å²) in [5.41, 5.74) is 0.917. The monoisotopic (exact) mass is 465 g/mol. The highest BCUT2D eigenvalue weighted by molar-refractivity contribution is 14.0. The molecule has 0 spiro atoms. The van der Waals surface area contributed by atoms with Gasteiger partial charge in [-0.2, -0.15) is 0 Å². The molecule has 1 aromatic carbocycles. The maximum atomic E-state index is 5.60. The summed E-state index contributed by atoms with van der Waals surface area (Å²) in [4.78, 5) is 4.26. The fourth-order valence-electron chi connectivity index (χ4n) is 2.27. The summed E-state index contributed by atoms with van der Waals surface area (Å²) in [6.07, 6.45) is 0.0749. The van der Waals surface area contributed by atoms with Crippen LogP contribution >= 0.6 is 24.0 Å². The molecule has 25 heavy (non-hydrogen) atoms. The normalized spacial score (nSPS) is 12.8. The first-order valence-corrected chi connectivity index (χ1v) is 8.17. The molecular formula is C18H32IN3O3. The van der Waals surface area contributed by atoms with E-state index >= 15 is 0 Å². The van der Waals surface area contributed by atoms with E-state index in [-0.39, 0.29) is 35.5 Å². The third kappa shape index (κ3) is 7.68. The Morgan fingerprint density at radius 3 is 2.36 bits per heavy atom. The Morgan fingerprint density at radius 1 is 1.20 bits per heavy atom. The molecule has 0 aliphatic rings. The van der Waals surface area contributed by atoms with Gasteiger partial charge in [0.05, 0.1) is 19.8 Å². The van der Waals surface area contributed by atoms with Crippen LogP contribution in [0.3, 0.4) is 0 Å². The first-order valence-electron chi connectivity index (χ1n) is 8.17. The maximum Gasteiger partial charge on any atom is 0.195 e. The Morgan fingerprint density at radius 2 is 1.88 bits per heavy atom. The van der Waals surface area contributed by atoms with E-state index in [4.69, 9.17) is 14.2 Å². The molecule has 6 nitrogen and oxygen atoms in total. The Bertz CT molecular complexity index is 545. The predicted molar refractivity (Wildman–Crippen MR) is 115 cm³/mol. The highest BCUT2D eigenvalue weighted by Crippen LogP contribution is 2.30. The molecule has 0 amide bonds. The van der Waals surface area contributed by atoms with Gasteiger partial charge < -0.3 is 24.8 Å². The molecule has 1 unspecified atom stereocenters. The molecule has 0 heterocycles. The lowest BCUT2D eigenvalue weighted by molar-refractivity contribution is 0.0206. The van der Waals surface area contributed by atoms with Crippen LogP contribution in [0.25, 0.3) is 0 Å². The second-order valence-electron chi connectivity index (χ2n) is 6.47. The molecular weight excluding hydrogens is 433 g/mol. The molecule has 0 radical (unpaired) electrons. The smallest absolute Gasteiger partial charge is 0.195 e. The van der Waals surface area contributed by atoms with Crippen molar-refractivity contribution in [3.8, 4) is 11.5 Å². The van der Waals surface area contributed by atoms with Gasteiger partial charge in [0.1, 0.15) is 0 Å².